The Hall–Kier alpha value is -4.45. The van der Waals surface area contributed by atoms with Crippen LogP contribution in [0, 0.1) is 0 Å². The summed E-state index contributed by atoms with van der Waals surface area (Å²) in [6.07, 6.45) is 90.4. The van der Waals surface area contributed by atoms with Crippen molar-refractivity contribution in [3.8, 4) is 0 Å². The Labute approximate surface area is 475 Å². The first-order valence-electron chi connectivity index (χ1n) is 31.7. The molecule has 0 spiro atoms. The SMILES string of the molecule is CC/C=C\C/C=C\C/C=C\C/C=C\CCCCCCCCCCC(=O)OC(COC(=O)CC/C=C\C/C=C\C/C=C\C/C=C\CC)COC(=O)CCCCCCCCCCCC/C=C\C/C=C\C/C=C\CCCCCCC. The second-order valence-corrected chi connectivity index (χ2v) is 20.5. The van der Waals surface area contributed by atoms with Crippen LogP contribution >= 0.6 is 0 Å². The van der Waals surface area contributed by atoms with E-state index < -0.39 is 6.10 Å². The summed E-state index contributed by atoms with van der Waals surface area (Å²) in [7, 11) is 0. The molecule has 0 saturated carbocycles. The summed E-state index contributed by atoms with van der Waals surface area (Å²) < 4.78 is 16.8. The molecule has 0 rings (SSSR count). The molecule has 0 aliphatic heterocycles. The van der Waals surface area contributed by atoms with Crippen LogP contribution in [0.5, 0.6) is 0 Å². The third-order valence-corrected chi connectivity index (χ3v) is 13.1. The predicted molar refractivity (Wildman–Crippen MR) is 334 cm³/mol. The maximum atomic E-state index is 12.9. The molecular formula is C71H116O6. The zero-order chi connectivity index (χ0) is 55.7. The molecule has 0 fully saturated rings. The summed E-state index contributed by atoms with van der Waals surface area (Å²) in [5.74, 6) is -1.01. The molecule has 0 aromatic heterocycles. The fourth-order valence-corrected chi connectivity index (χ4v) is 8.45. The summed E-state index contributed by atoms with van der Waals surface area (Å²) >= 11 is 0. The average Bonchev–Trinajstić information content (AvgIpc) is 3.43. The minimum atomic E-state index is -0.819. The van der Waals surface area contributed by atoms with E-state index in [1.807, 2.05) is 6.08 Å². The van der Waals surface area contributed by atoms with Crippen LogP contribution in [-0.2, 0) is 28.6 Å². The van der Waals surface area contributed by atoms with Crippen molar-refractivity contribution >= 4 is 17.9 Å². The van der Waals surface area contributed by atoms with Gasteiger partial charge in [0.15, 0.2) is 6.10 Å². The molecule has 0 aromatic rings. The van der Waals surface area contributed by atoms with Gasteiger partial charge in [0.05, 0.1) is 0 Å². The molecule has 436 valence electrons. The number of ether oxygens (including phenoxy) is 3. The van der Waals surface area contributed by atoms with Gasteiger partial charge in [-0.25, -0.2) is 0 Å². The highest BCUT2D eigenvalue weighted by Crippen LogP contribution is 2.15. The van der Waals surface area contributed by atoms with E-state index in [1.54, 1.807) is 0 Å². The van der Waals surface area contributed by atoms with Crippen molar-refractivity contribution in [1.82, 2.24) is 0 Å². The molecule has 1 atom stereocenters. The molecule has 6 heteroatoms. The highest BCUT2D eigenvalue weighted by Gasteiger charge is 2.19. The van der Waals surface area contributed by atoms with Gasteiger partial charge >= 0.3 is 17.9 Å². The van der Waals surface area contributed by atoms with Crippen LogP contribution in [0.4, 0.5) is 0 Å². The monoisotopic (exact) mass is 1060 g/mol. The van der Waals surface area contributed by atoms with Gasteiger partial charge in [-0.3, -0.25) is 14.4 Å². The van der Waals surface area contributed by atoms with Gasteiger partial charge in [-0.15, -0.1) is 0 Å². The van der Waals surface area contributed by atoms with Crippen LogP contribution in [0.15, 0.2) is 134 Å². The fourth-order valence-electron chi connectivity index (χ4n) is 8.45. The molecule has 0 saturated heterocycles. The van der Waals surface area contributed by atoms with E-state index in [2.05, 4.69) is 148 Å². The van der Waals surface area contributed by atoms with E-state index in [0.717, 1.165) is 109 Å². The van der Waals surface area contributed by atoms with Crippen LogP contribution in [0.1, 0.15) is 278 Å². The Kier molecular flexibility index (Phi) is 60.4. The van der Waals surface area contributed by atoms with Crippen LogP contribution in [0.3, 0.4) is 0 Å². The molecule has 0 heterocycles. The zero-order valence-electron chi connectivity index (χ0n) is 49.9. The van der Waals surface area contributed by atoms with Crippen molar-refractivity contribution in [1.29, 1.82) is 0 Å². The molecule has 0 radical (unpaired) electrons. The predicted octanol–water partition coefficient (Wildman–Crippen LogP) is 21.8. The van der Waals surface area contributed by atoms with Crippen LogP contribution in [-0.4, -0.2) is 37.2 Å². The lowest BCUT2D eigenvalue weighted by Crippen LogP contribution is -2.30. The van der Waals surface area contributed by atoms with Gasteiger partial charge in [-0.05, 0) is 122 Å². The van der Waals surface area contributed by atoms with Crippen molar-refractivity contribution in [3.05, 3.63) is 134 Å². The summed E-state index contributed by atoms with van der Waals surface area (Å²) in [6, 6.07) is 0. The third-order valence-electron chi connectivity index (χ3n) is 13.1. The first-order chi connectivity index (χ1) is 38.0. The largest absolute Gasteiger partial charge is 0.462 e. The molecule has 0 N–H and O–H groups in total. The fraction of sp³-hybridized carbons (Fsp3) is 0.648. The van der Waals surface area contributed by atoms with Gasteiger partial charge in [0.25, 0.3) is 0 Å². The van der Waals surface area contributed by atoms with E-state index >= 15 is 0 Å². The van der Waals surface area contributed by atoms with E-state index in [4.69, 9.17) is 14.2 Å². The zero-order valence-corrected chi connectivity index (χ0v) is 49.9. The van der Waals surface area contributed by atoms with Gasteiger partial charge in [-0.1, -0.05) is 270 Å². The molecule has 77 heavy (non-hydrogen) atoms. The summed E-state index contributed by atoms with van der Waals surface area (Å²) in [6.45, 7) is 6.33. The molecule has 6 nitrogen and oxygen atoms in total. The van der Waals surface area contributed by atoms with E-state index in [-0.39, 0.29) is 37.5 Å². The Morgan fingerprint density at radius 3 is 0.870 bits per heavy atom. The highest BCUT2D eigenvalue weighted by molar-refractivity contribution is 5.71. The number of unbranched alkanes of at least 4 members (excludes halogenated alkanes) is 23. The minimum Gasteiger partial charge on any atom is -0.462 e. The molecule has 0 bridgehead atoms. The second kappa shape index (κ2) is 64.1. The first-order valence-corrected chi connectivity index (χ1v) is 31.7. The smallest absolute Gasteiger partial charge is 0.306 e. The van der Waals surface area contributed by atoms with Crippen molar-refractivity contribution in [2.45, 2.75) is 284 Å². The van der Waals surface area contributed by atoms with Crippen molar-refractivity contribution in [2.75, 3.05) is 13.2 Å². The Morgan fingerprint density at radius 1 is 0.273 bits per heavy atom. The summed E-state index contributed by atoms with van der Waals surface area (Å²) in [5.41, 5.74) is 0. The summed E-state index contributed by atoms with van der Waals surface area (Å²) in [4.78, 5) is 38.3. The maximum Gasteiger partial charge on any atom is 0.306 e. The van der Waals surface area contributed by atoms with Crippen molar-refractivity contribution in [2.24, 2.45) is 0 Å². The van der Waals surface area contributed by atoms with Crippen LogP contribution in [0.25, 0.3) is 0 Å². The standard InChI is InChI=1S/C71H116O6/c1-4-7-10-13-16-19-22-25-27-29-31-33-34-35-36-38-39-41-43-46-49-52-55-58-61-64-70(73)76-67-68(66-75-69(72)63-60-57-54-51-48-45-24-21-18-15-12-9-6-3)77-71(74)65-62-59-56-53-50-47-44-42-40-37-32-30-28-26-23-20-17-14-11-8-5-2/h8-9,11-12,17-18,20-22,25-26,28-29,31-32,34-35,37,45,48,54,57,68H,4-7,10,13-16,19,23-24,27,30,33,36,38-44,46-47,49-53,55-56,58-67H2,1-3H3/b11-8-,12-9-,20-17-,21-18-,25-22-,28-26-,31-29-,35-34-,37-32-,48-45-,57-54-. The van der Waals surface area contributed by atoms with E-state index in [0.29, 0.717) is 19.3 Å². The van der Waals surface area contributed by atoms with E-state index in [1.165, 1.54) is 122 Å². The molecular weight excluding hydrogens is 949 g/mol. The molecule has 0 amide bonds. The quantitative estimate of drug-likeness (QED) is 0.0261. The maximum absolute atomic E-state index is 12.9. The van der Waals surface area contributed by atoms with Gasteiger partial charge in [0.2, 0.25) is 0 Å². The molecule has 0 aliphatic carbocycles. The molecule has 1 unspecified atom stereocenters. The number of carbonyl (C=O) groups is 3. The first kappa shape index (κ1) is 72.5. The summed E-state index contributed by atoms with van der Waals surface area (Å²) in [5, 5.41) is 0. The van der Waals surface area contributed by atoms with Gasteiger partial charge < -0.3 is 14.2 Å². The Bertz CT molecular complexity index is 1650. The highest BCUT2D eigenvalue weighted by atomic mass is 16.6. The minimum absolute atomic E-state index is 0.109. The lowest BCUT2D eigenvalue weighted by atomic mass is 10.1. The van der Waals surface area contributed by atoms with E-state index in [9.17, 15) is 14.4 Å². The van der Waals surface area contributed by atoms with Gasteiger partial charge in [0, 0.05) is 19.3 Å². The van der Waals surface area contributed by atoms with Crippen LogP contribution in [0.2, 0.25) is 0 Å². The van der Waals surface area contributed by atoms with Gasteiger partial charge in [-0.2, -0.15) is 0 Å². The lowest BCUT2D eigenvalue weighted by Gasteiger charge is -2.18. The number of allylic oxidation sites excluding steroid dienone is 22. The number of carbonyl (C=O) groups excluding carboxylic acids is 3. The topological polar surface area (TPSA) is 78.9 Å². The van der Waals surface area contributed by atoms with Crippen LogP contribution < -0.4 is 0 Å². The van der Waals surface area contributed by atoms with Crippen molar-refractivity contribution in [3.63, 3.8) is 0 Å². The number of hydrogen-bond donors (Lipinski definition) is 0. The molecule has 0 aromatic carbocycles. The normalized spacial score (nSPS) is 13.0. The number of hydrogen-bond acceptors (Lipinski definition) is 6. The third kappa shape index (κ3) is 62.3. The van der Waals surface area contributed by atoms with Crippen molar-refractivity contribution < 1.29 is 28.6 Å². The number of rotatable bonds is 56. The average molecular weight is 1070 g/mol. The Balaban J connectivity index is 4.40. The Morgan fingerprint density at radius 2 is 0.532 bits per heavy atom. The molecule has 0 aliphatic rings. The second-order valence-electron chi connectivity index (χ2n) is 20.5. The lowest BCUT2D eigenvalue weighted by molar-refractivity contribution is -0.166. The van der Waals surface area contributed by atoms with Gasteiger partial charge in [0.1, 0.15) is 13.2 Å². The number of esters is 3.